The lowest BCUT2D eigenvalue weighted by atomic mass is 10.2. The lowest BCUT2D eigenvalue weighted by molar-refractivity contribution is 0.546. The standard InChI is InChI=1S/C10H10N4/c1-7(2)14-10-9(6-13-14)3-8(4-11)5-12-10/h3,5-7H,1-2H3. The molecule has 4 nitrogen and oxygen atoms in total. The number of fused-ring (bicyclic) bond motifs is 1. The van der Waals surface area contributed by atoms with Crippen molar-refractivity contribution in [2.75, 3.05) is 0 Å². The van der Waals surface area contributed by atoms with Crippen molar-refractivity contribution >= 4 is 11.0 Å². The minimum Gasteiger partial charge on any atom is -0.245 e. The Labute approximate surface area is 81.8 Å². The van der Waals surface area contributed by atoms with E-state index in [4.69, 9.17) is 5.26 Å². The summed E-state index contributed by atoms with van der Waals surface area (Å²) in [6.45, 7) is 4.10. The molecule has 70 valence electrons. The Kier molecular flexibility index (Phi) is 1.93. The monoisotopic (exact) mass is 186 g/mol. The Morgan fingerprint density at radius 2 is 2.21 bits per heavy atom. The zero-order valence-electron chi connectivity index (χ0n) is 8.10. The van der Waals surface area contributed by atoms with Crippen LogP contribution in [0.15, 0.2) is 18.5 Å². The summed E-state index contributed by atoms with van der Waals surface area (Å²) in [6, 6.07) is 4.14. The Bertz CT molecular complexity index is 504. The van der Waals surface area contributed by atoms with Gasteiger partial charge in [-0.1, -0.05) is 0 Å². The smallest absolute Gasteiger partial charge is 0.158 e. The molecule has 0 radical (unpaired) electrons. The third kappa shape index (κ3) is 1.23. The molecule has 4 heteroatoms. The second kappa shape index (κ2) is 3.11. The molecule has 0 saturated carbocycles. The number of nitriles is 1. The van der Waals surface area contributed by atoms with Crippen LogP contribution in [0.2, 0.25) is 0 Å². The van der Waals surface area contributed by atoms with Crippen LogP contribution in [-0.4, -0.2) is 14.8 Å². The highest BCUT2D eigenvalue weighted by atomic mass is 15.3. The maximum absolute atomic E-state index is 8.70. The van der Waals surface area contributed by atoms with Gasteiger partial charge in [0, 0.05) is 17.6 Å². The van der Waals surface area contributed by atoms with Crippen molar-refractivity contribution < 1.29 is 0 Å². The summed E-state index contributed by atoms with van der Waals surface area (Å²) in [6.07, 6.45) is 3.31. The Morgan fingerprint density at radius 3 is 2.86 bits per heavy atom. The van der Waals surface area contributed by atoms with Crippen molar-refractivity contribution in [3.8, 4) is 6.07 Å². The zero-order chi connectivity index (χ0) is 10.1. The van der Waals surface area contributed by atoms with Crippen LogP contribution in [0.4, 0.5) is 0 Å². The predicted octanol–water partition coefficient (Wildman–Crippen LogP) is 1.88. The van der Waals surface area contributed by atoms with Gasteiger partial charge in [0.05, 0.1) is 11.8 Å². The molecule has 2 aromatic rings. The van der Waals surface area contributed by atoms with Gasteiger partial charge in [-0.15, -0.1) is 0 Å². The summed E-state index contributed by atoms with van der Waals surface area (Å²) >= 11 is 0. The van der Waals surface area contributed by atoms with Gasteiger partial charge in [-0.25, -0.2) is 9.67 Å². The molecule has 0 saturated heterocycles. The molecular weight excluding hydrogens is 176 g/mol. The molecule has 0 aliphatic heterocycles. The minimum atomic E-state index is 0.285. The largest absolute Gasteiger partial charge is 0.245 e. The fraction of sp³-hybridized carbons (Fsp3) is 0.300. The second-order valence-corrected chi connectivity index (χ2v) is 3.43. The molecule has 14 heavy (non-hydrogen) atoms. The maximum atomic E-state index is 8.70. The number of aromatic nitrogens is 3. The van der Waals surface area contributed by atoms with Crippen LogP contribution >= 0.6 is 0 Å². The van der Waals surface area contributed by atoms with Crippen LogP contribution in [0.1, 0.15) is 25.5 Å². The van der Waals surface area contributed by atoms with E-state index in [0.29, 0.717) is 5.56 Å². The van der Waals surface area contributed by atoms with Crippen molar-refractivity contribution in [1.29, 1.82) is 5.26 Å². The van der Waals surface area contributed by atoms with Gasteiger partial charge in [0.15, 0.2) is 5.65 Å². The average Bonchev–Trinajstić information content (AvgIpc) is 2.59. The van der Waals surface area contributed by atoms with Gasteiger partial charge in [-0.2, -0.15) is 10.4 Å². The summed E-state index contributed by atoms with van der Waals surface area (Å²) < 4.78 is 1.84. The van der Waals surface area contributed by atoms with Crippen molar-refractivity contribution in [2.45, 2.75) is 19.9 Å². The van der Waals surface area contributed by atoms with Gasteiger partial charge in [-0.05, 0) is 19.9 Å². The predicted molar refractivity (Wildman–Crippen MR) is 52.6 cm³/mol. The molecule has 2 rings (SSSR count). The van der Waals surface area contributed by atoms with Gasteiger partial charge in [0.2, 0.25) is 0 Å². The number of nitrogens with zero attached hydrogens (tertiary/aromatic N) is 4. The SMILES string of the molecule is CC(C)n1ncc2cc(C#N)cnc21. The fourth-order valence-corrected chi connectivity index (χ4v) is 1.38. The van der Waals surface area contributed by atoms with Crippen molar-refractivity contribution in [3.63, 3.8) is 0 Å². The first-order valence-electron chi connectivity index (χ1n) is 4.45. The lowest BCUT2D eigenvalue weighted by Gasteiger charge is -2.05. The van der Waals surface area contributed by atoms with E-state index in [0.717, 1.165) is 11.0 Å². The summed E-state index contributed by atoms with van der Waals surface area (Å²) in [5.74, 6) is 0. The molecule has 0 unspecified atom stereocenters. The molecule has 0 spiro atoms. The van der Waals surface area contributed by atoms with Crippen molar-refractivity contribution in [1.82, 2.24) is 14.8 Å². The number of rotatable bonds is 1. The Morgan fingerprint density at radius 1 is 1.43 bits per heavy atom. The first kappa shape index (κ1) is 8.70. The number of hydrogen-bond donors (Lipinski definition) is 0. The average molecular weight is 186 g/mol. The van der Waals surface area contributed by atoms with Gasteiger partial charge < -0.3 is 0 Å². The molecule has 0 aliphatic carbocycles. The van der Waals surface area contributed by atoms with Crippen LogP contribution < -0.4 is 0 Å². The highest BCUT2D eigenvalue weighted by Crippen LogP contribution is 2.15. The van der Waals surface area contributed by atoms with Crippen molar-refractivity contribution in [3.05, 3.63) is 24.0 Å². The zero-order valence-corrected chi connectivity index (χ0v) is 8.10. The second-order valence-electron chi connectivity index (χ2n) is 3.43. The van der Waals surface area contributed by atoms with Crippen LogP contribution in [0.5, 0.6) is 0 Å². The highest BCUT2D eigenvalue weighted by molar-refractivity contribution is 5.75. The van der Waals surface area contributed by atoms with Crippen LogP contribution in [0.3, 0.4) is 0 Å². The molecule has 0 aliphatic rings. The summed E-state index contributed by atoms with van der Waals surface area (Å²) in [7, 11) is 0. The Hall–Kier alpha value is -1.89. The molecule has 0 N–H and O–H groups in total. The van der Waals surface area contributed by atoms with Gasteiger partial charge in [-0.3, -0.25) is 0 Å². The summed E-state index contributed by atoms with van der Waals surface area (Å²) in [5.41, 5.74) is 1.40. The van der Waals surface area contributed by atoms with E-state index in [1.807, 2.05) is 18.5 Å². The van der Waals surface area contributed by atoms with Crippen LogP contribution in [-0.2, 0) is 0 Å². The van der Waals surface area contributed by atoms with Gasteiger partial charge in [0.25, 0.3) is 0 Å². The first-order chi connectivity index (χ1) is 6.72. The molecule has 2 aromatic heterocycles. The molecule has 0 atom stereocenters. The minimum absolute atomic E-state index is 0.285. The Balaban J connectivity index is 2.67. The van der Waals surface area contributed by atoms with Gasteiger partial charge >= 0.3 is 0 Å². The molecule has 0 bridgehead atoms. The summed E-state index contributed by atoms with van der Waals surface area (Å²) in [5, 5.41) is 13.8. The quantitative estimate of drug-likeness (QED) is 0.683. The van der Waals surface area contributed by atoms with E-state index in [-0.39, 0.29) is 6.04 Å². The van der Waals surface area contributed by atoms with E-state index >= 15 is 0 Å². The molecule has 0 amide bonds. The normalized spacial score (nSPS) is 10.7. The molecule has 0 fully saturated rings. The molecule has 2 heterocycles. The van der Waals surface area contributed by atoms with E-state index in [1.165, 1.54) is 0 Å². The topological polar surface area (TPSA) is 54.5 Å². The lowest BCUT2D eigenvalue weighted by Crippen LogP contribution is -2.03. The van der Waals surface area contributed by atoms with E-state index in [1.54, 1.807) is 18.5 Å². The van der Waals surface area contributed by atoms with Gasteiger partial charge in [0.1, 0.15) is 6.07 Å². The highest BCUT2D eigenvalue weighted by Gasteiger charge is 2.06. The number of pyridine rings is 1. The fourth-order valence-electron chi connectivity index (χ4n) is 1.38. The number of hydrogen-bond acceptors (Lipinski definition) is 3. The van der Waals surface area contributed by atoms with E-state index < -0.39 is 0 Å². The third-order valence-corrected chi connectivity index (χ3v) is 2.05. The third-order valence-electron chi connectivity index (χ3n) is 2.05. The summed E-state index contributed by atoms with van der Waals surface area (Å²) in [4.78, 5) is 4.21. The van der Waals surface area contributed by atoms with E-state index in [9.17, 15) is 0 Å². The van der Waals surface area contributed by atoms with Crippen LogP contribution in [0, 0.1) is 11.3 Å². The van der Waals surface area contributed by atoms with Crippen molar-refractivity contribution in [2.24, 2.45) is 0 Å². The van der Waals surface area contributed by atoms with E-state index in [2.05, 4.69) is 16.2 Å². The first-order valence-corrected chi connectivity index (χ1v) is 4.45. The molecule has 0 aromatic carbocycles. The van der Waals surface area contributed by atoms with Crippen LogP contribution in [0.25, 0.3) is 11.0 Å². The molecular formula is C10H10N4. The maximum Gasteiger partial charge on any atom is 0.158 e.